The lowest BCUT2D eigenvalue weighted by Gasteiger charge is -2.37. The minimum atomic E-state index is -0.204. The number of imidazole rings is 1. The Morgan fingerprint density at radius 3 is 2.68 bits per heavy atom. The van der Waals surface area contributed by atoms with Crippen LogP contribution in [-0.2, 0) is 23.3 Å². The van der Waals surface area contributed by atoms with Crippen LogP contribution in [0.3, 0.4) is 0 Å². The van der Waals surface area contributed by atoms with Gasteiger partial charge in [-0.1, -0.05) is 30.3 Å². The number of piperidine rings is 1. The smallest absolute Gasteiger partial charge is 0.225 e. The first-order valence-corrected chi connectivity index (χ1v) is 12.1. The average Bonchev–Trinajstić information content (AvgIpc) is 3.44. The van der Waals surface area contributed by atoms with Crippen molar-refractivity contribution in [3.05, 3.63) is 71.8 Å². The van der Waals surface area contributed by atoms with Gasteiger partial charge in [-0.05, 0) is 54.5 Å². The van der Waals surface area contributed by atoms with Crippen LogP contribution in [0.25, 0.3) is 22.2 Å². The molecule has 2 aliphatic heterocycles. The Hall–Kier alpha value is -3.29. The summed E-state index contributed by atoms with van der Waals surface area (Å²) in [5.41, 5.74) is 6.79. The summed E-state index contributed by atoms with van der Waals surface area (Å²) in [5, 5.41) is 9.77. The molecule has 2 aromatic carbocycles. The fraction of sp³-hybridized carbons (Fsp3) is 0.370. The Morgan fingerprint density at radius 1 is 1.00 bits per heavy atom. The molecule has 2 aromatic heterocycles. The summed E-state index contributed by atoms with van der Waals surface area (Å²) < 4.78 is 8.53. The Morgan fingerprint density at radius 2 is 1.82 bits per heavy atom. The maximum atomic E-state index is 9.77. The van der Waals surface area contributed by atoms with Crippen LogP contribution in [0.5, 0.6) is 0 Å². The number of aliphatic hydroxyl groups is 1. The molecule has 4 aromatic rings. The molecule has 1 N–H and O–H groups in total. The largest absolute Gasteiger partial charge is 0.393 e. The number of rotatable bonds is 2. The first kappa shape index (κ1) is 20.1. The number of aromatic nitrogens is 4. The van der Waals surface area contributed by atoms with Gasteiger partial charge in [0.1, 0.15) is 12.4 Å². The van der Waals surface area contributed by atoms with Crippen LogP contribution in [-0.4, -0.2) is 50.4 Å². The van der Waals surface area contributed by atoms with E-state index in [1.807, 2.05) is 12.4 Å². The van der Waals surface area contributed by atoms with Crippen molar-refractivity contribution in [3.8, 4) is 11.1 Å². The fourth-order valence-electron chi connectivity index (χ4n) is 6.00. The van der Waals surface area contributed by atoms with Crippen molar-refractivity contribution in [2.75, 3.05) is 24.6 Å². The lowest BCUT2D eigenvalue weighted by Crippen LogP contribution is -2.42. The van der Waals surface area contributed by atoms with Gasteiger partial charge in [0, 0.05) is 31.0 Å². The molecule has 0 radical (unpaired) electrons. The van der Waals surface area contributed by atoms with Gasteiger partial charge < -0.3 is 19.3 Å². The molecular formula is C27H27N5O2. The van der Waals surface area contributed by atoms with E-state index < -0.39 is 0 Å². The molecule has 1 saturated heterocycles. The van der Waals surface area contributed by atoms with Gasteiger partial charge in [0.25, 0.3) is 0 Å². The zero-order valence-corrected chi connectivity index (χ0v) is 19.0. The van der Waals surface area contributed by atoms with Gasteiger partial charge in [-0.15, -0.1) is 0 Å². The Balaban J connectivity index is 1.29. The average molecular weight is 454 g/mol. The number of hydrogen-bond acceptors (Lipinski definition) is 6. The van der Waals surface area contributed by atoms with E-state index in [4.69, 9.17) is 9.72 Å². The van der Waals surface area contributed by atoms with E-state index in [2.05, 4.69) is 61.9 Å². The van der Waals surface area contributed by atoms with Gasteiger partial charge in [0.15, 0.2) is 0 Å². The van der Waals surface area contributed by atoms with Gasteiger partial charge >= 0.3 is 0 Å². The topological polar surface area (TPSA) is 76.3 Å². The van der Waals surface area contributed by atoms with Gasteiger partial charge in [0.2, 0.25) is 5.95 Å². The normalized spacial score (nSPS) is 22.3. The molecule has 172 valence electrons. The third-order valence-electron chi connectivity index (χ3n) is 7.77. The molecule has 7 heteroatoms. The number of benzene rings is 2. The summed E-state index contributed by atoms with van der Waals surface area (Å²) in [4.78, 5) is 16.4. The predicted molar refractivity (Wildman–Crippen MR) is 130 cm³/mol. The summed E-state index contributed by atoms with van der Waals surface area (Å²) in [5.74, 6) is 1.73. The molecule has 7 rings (SSSR count). The summed E-state index contributed by atoms with van der Waals surface area (Å²) in [6.45, 7) is 2.80. The van der Waals surface area contributed by atoms with Gasteiger partial charge in [0.05, 0.1) is 29.3 Å². The number of hydrogen-bond donors (Lipinski definition) is 1. The molecule has 1 atom stereocenters. The number of ether oxygens (including phenoxy) is 1. The molecule has 0 saturated carbocycles. The molecule has 0 bridgehead atoms. The highest BCUT2D eigenvalue weighted by atomic mass is 16.5. The number of aryl methyl sites for hydroxylation is 1. The van der Waals surface area contributed by atoms with Crippen molar-refractivity contribution in [1.82, 2.24) is 19.5 Å². The van der Waals surface area contributed by atoms with E-state index in [9.17, 15) is 5.11 Å². The lowest BCUT2D eigenvalue weighted by molar-refractivity contribution is 0.0227. The third-order valence-corrected chi connectivity index (χ3v) is 7.77. The molecule has 3 aliphatic rings. The zero-order valence-electron chi connectivity index (χ0n) is 19.0. The van der Waals surface area contributed by atoms with E-state index in [0.29, 0.717) is 13.2 Å². The molecule has 1 aliphatic carbocycles. The monoisotopic (exact) mass is 453 g/mol. The summed E-state index contributed by atoms with van der Waals surface area (Å²) >= 11 is 0. The molecule has 34 heavy (non-hydrogen) atoms. The molecule has 1 fully saturated rings. The SMILES string of the molecule is OC1CCN(c2ncc(-c3ccc4nc5n(c4c3)C3(CCc4ccccc43)COC5)cn2)CC1. The maximum Gasteiger partial charge on any atom is 0.225 e. The molecule has 7 nitrogen and oxygen atoms in total. The van der Waals surface area contributed by atoms with Crippen LogP contribution in [0.4, 0.5) is 5.95 Å². The number of anilines is 1. The second-order valence-corrected chi connectivity index (χ2v) is 9.74. The van der Waals surface area contributed by atoms with Crippen molar-refractivity contribution in [1.29, 1.82) is 0 Å². The van der Waals surface area contributed by atoms with E-state index in [-0.39, 0.29) is 11.6 Å². The third kappa shape index (κ3) is 3.00. The molecule has 1 unspecified atom stereocenters. The van der Waals surface area contributed by atoms with Crippen molar-refractivity contribution in [2.45, 2.75) is 43.9 Å². The van der Waals surface area contributed by atoms with E-state index in [0.717, 1.165) is 72.7 Å². The number of aliphatic hydroxyl groups excluding tert-OH is 1. The standard InChI is InChI=1S/C27H27N5O2/c33-21-8-11-31(12-9-21)26-28-14-20(15-29-26)19-5-6-23-24(13-19)32-25(30-23)16-34-17-27(32)10-7-18-3-1-2-4-22(18)27/h1-6,13-15,21,33H,7-12,16-17H2. The second kappa shape index (κ2) is 7.61. The maximum absolute atomic E-state index is 9.77. The van der Waals surface area contributed by atoms with Crippen molar-refractivity contribution in [3.63, 3.8) is 0 Å². The van der Waals surface area contributed by atoms with Crippen LogP contribution >= 0.6 is 0 Å². The van der Waals surface area contributed by atoms with Crippen LogP contribution in [0.2, 0.25) is 0 Å². The second-order valence-electron chi connectivity index (χ2n) is 9.74. The highest BCUT2D eigenvalue weighted by Gasteiger charge is 2.45. The van der Waals surface area contributed by atoms with E-state index in [1.54, 1.807) is 0 Å². The number of nitrogens with zero attached hydrogens (tertiary/aromatic N) is 5. The Labute approximate surface area is 198 Å². The molecule has 4 heterocycles. The van der Waals surface area contributed by atoms with Crippen LogP contribution in [0.1, 0.15) is 36.2 Å². The molecular weight excluding hydrogens is 426 g/mol. The van der Waals surface area contributed by atoms with Gasteiger partial charge in [-0.25, -0.2) is 15.0 Å². The minimum absolute atomic E-state index is 0.198. The molecule has 0 amide bonds. The fourth-order valence-corrected chi connectivity index (χ4v) is 6.00. The van der Waals surface area contributed by atoms with Crippen LogP contribution < -0.4 is 4.90 Å². The summed E-state index contributed by atoms with van der Waals surface area (Å²) in [6, 6.07) is 15.2. The van der Waals surface area contributed by atoms with Crippen LogP contribution in [0, 0.1) is 0 Å². The highest BCUT2D eigenvalue weighted by molar-refractivity contribution is 5.83. The summed E-state index contributed by atoms with van der Waals surface area (Å²) in [6.07, 6.45) is 7.23. The minimum Gasteiger partial charge on any atom is -0.393 e. The van der Waals surface area contributed by atoms with Crippen molar-refractivity contribution in [2.24, 2.45) is 0 Å². The van der Waals surface area contributed by atoms with E-state index in [1.165, 1.54) is 11.1 Å². The van der Waals surface area contributed by atoms with Crippen molar-refractivity contribution >= 4 is 17.0 Å². The lowest BCUT2D eigenvalue weighted by atomic mass is 9.90. The quantitative estimate of drug-likeness (QED) is 0.499. The predicted octanol–water partition coefficient (Wildman–Crippen LogP) is 3.67. The number of fused-ring (bicyclic) bond motifs is 6. The first-order valence-electron chi connectivity index (χ1n) is 12.1. The van der Waals surface area contributed by atoms with Gasteiger partial charge in [-0.2, -0.15) is 0 Å². The van der Waals surface area contributed by atoms with E-state index >= 15 is 0 Å². The zero-order chi connectivity index (χ0) is 22.7. The summed E-state index contributed by atoms with van der Waals surface area (Å²) in [7, 11) is 0. The molecule has 1 spiro atoms. The van der Waals surface area contributed by atoms with Gasteiger partial charge in [-0.3, -0.25) is 0 Å². The Bertz CT molecular complexity index is 1370. The Kier molecular flexibility index (Phi) is 4.50. The highest BCUT2D eigenvalue weighted by Crippen LogP contribution is 2.45. The van der Waals surface area contributed by atoms with Crippen LogP contribution in [0.15, 0.2) is 54.9 Å². The first-order chi connectivity index (χ1) is 16.7. The van der Waals surface area contributed by atoms with Crippen molar-refractivity contribution < 1.29 is 9.84 Å².